The van der Waals surface area contributed by atoms with Gasteiger partial charge in [-0.3, -0.25) is 0 Å². The van der Waals surface area contributed by atoms with Crippen LogP contribution in [0.2, 0.25) is 0 Å². The first-order chi connectivity index (χ1) is 10.9. The topological polar surface area (TPSA) is 45.2 Å². The maximum absolute atomic E-state index is 12.3. The molecule has 0 saturated carbocycles. The molecule has 0 radical (unpaired) electrons. The summed E-state index contributed by atoms with van der Waals surface area (Å²) in [5.41, 5.74) is 3.43. The molecule has 0 aliphatic carbocycles. The van der Waals surface area contributed by atoms with Gasteiger partial charge in [0.25, 0.3) is 0 Å². The van der Waals surface area contributed by atoms with Crippen molar-refractivity contribution >= 4 is 17.4 Å². The molecule has 1 unspecified atom stereocenters. The SMILES string of the molecule is Cc1csc(C(C)NC(=O)N(C)Cc2ccc(C(C)C)cc2)n1. The fourth-order valence-electron chi connectivity index (χ4n) is 2.28. The number of carbonyl (C=O) groups is 1. The smallest absolute Gasteiger partial charge is 0.317 e. The van der Waals surface area contributed by atoms with Crippen LogP contribution >= 0.6 is 11.3 Å². The largest absolute Gasteiger partial charge is 0.329 e. The van der Waals surface area contributed by atoms with Gasteiger partial charge >= 0.3 is 6.03 Å². The van der Waals surface area contributed by atoms with Gasteiger partial charge in [0.15, 0.2) is 0 Å². The third-order valence-corrected chi connectivity index (χ3v) is 4.91. The molecule has 4 nitrogen and oxygen atoms in total. The van der Waals surface area contributed by atoms with Crippen LogP contribution in [-0.2, 0) is 6.54 Å². The number of hydrogen-bond acceptors (Lipinski definition) is 3. The number of rotatable bonds is 5. The summed E-state index contributed by atoms with van der Waals surface area (Å²) < 4.78 is 0. The minimum Gasteiger partial charge on any atom is -0.329 e. The average molecular weight is 331 g/mol. The zero-order valence-electron chi connectivity index (χ0n) is 14.5. The summed E-state index contributed by atoms with van der Waals surface area (Å²) in [4.78, 5) is 18.4. The lowest BCUT2D eigenvalue weighted by Crippen LogP contribution is -2.38. The van der Waals surface area contributed by atoms with E-state index in [0.29, 0.717) is 12.5 Å². The van der Waals surface area contributed by atoms with E-state index in [0.717, 1.165) is 16.3 Å². The fraction of sp³-hybridized carbons (Fsp3) is 0.444. The molecule has 1 aromatic carbocycles. The number of urea groups is 1. The molecule has 23 heavy (non-hydrogen) atoms. The lowest BCUT2D eigenvalue weighted by atomic mass is 10.0. The molecule has 0 fully saturated rings. The molecule has 124 valence electrons. The number of nitrogens with zero attached hydrogens (tertiary/aromatic N) is 2. The van der Waals surface area contributed by atoms with Crippen molar-refractivity contribution in [2.45, 2.75) is 46.2 Å². The van der Waals surface area contributed by atoms with Crippen LogP contribution in [-0.4, -0.2) is 23.0 Å². The Morgan fingerprint density at radius 3 is 2.43 bits per heavy atom. The first kappa shape index (κ1) is 17.5. The predicted octanol–water partition coefficient (Wildman–Crippen LogP) is 4.48. The van der Waals surface area contributed by atoms with Gasteiger partial charge in [-0.25, -0.2) is 9.78 Å². The molecule has 2 rings (SSSR count). The summed E-state index contributed by atoms with van der Waals surface area (Å²) in [6, 6.07) is 8.28. The van der Waals surface area contributed by atoms with E-state index in [1.54, 1.807) is 16.2 Å². The molecular formula is C18H25N3OS. The van der Waals surface area contributed by atoms with Crippen LogP contribution in [0.3, 0.4) is 0 Å². The Bertz CT molecular complexity index is 649. The van der Waals surface area contributed by atoms with E-state index in [2.05, 4.69) is 48.4 Å². The molecule has 5 heteroatoms. The summed E-state index contributed by atoms with van der Waals surface area (Å²) in [6.07, 6.45) is 0. The van der Waals surface area contributed by atoms with Crippen LogP contribution in [0.4, 0.5) is 4.79 Å². The van der Waals surface area contributed by atoms with Crippen LogP contribution in [0, 0.1) is 6.92 Å². The first-order valence-electron chi connectivity index (χ1n) is 7.89. The summed E-state index contributed by atoms with van der Waals surface area (Å²) in [5.74, 6) is 0.521. The predicted molar refractivity (Wildman–Crippen MR) is 95.8 cm³/mol. The number of hydrogen-bond donors (Lipinski definition) is 1. The molecule has 1 N–H and O–H groups in total. The van der Waals surface area contributed by atoms with Gasteiger partial charge in [0.2, 0.25) is 0 Å². The number of aromatic nitrogens is 1. The van der Waals surface area contributed by atoms with Gasteiger partial charge in [-0.1, -0.05) is 38.1 Å². The molecule has 0 aliphatic rings. The number of nitrogens with one attached hydrogen (secondary N) is 1. The lowest BCUT2D eigenvalue weighted by molar-refractivity contribution is 0.203. The second kappa shape index (κ2) is 7.59. The Balaban J connectivity index is 1.91. The molecular weight excluding hydrogens is 306 g/mol. The Morgan fingerprint density at radius 1 is 1.26 bits per heavy atom. The highest BCUT2D eigenvalue weighted by molar-refractivity contribution is 7.09. The zero-order chi connectivity index (χ0) is 17.0. The van der Waals surface area contributed by atoms with Crippen LogP contribution in [0.1, 0.15) is 54.6 Å². The Labute approximate surface area is 142 Å². The summed E-state index contributed by atoms with van der Waals surface area (Å²) in [7, 11) is 1.81. The molecule has 1 atom stereocenters. The Hall–Kier alpha value is -1.88. The molecule has 0 saturated heterocycles. The molecule has 0 aliphatic heterocycles. The molecule has 0 spiro atoms. The minimum absolute atomic E-state index is 0.0769. The molecule has 1 aromatic heterocycles. The maximum atomic E-state index is 12.3. The Morgan fingerprint density at radius 2 is 1.91 bits per heavy atom. The van der Waals surface area contributed by atoms with E-state index in [1.165, 1.54) is 5.56 Å². The van der Waals surface area contributed by atoms with Crippen molar-refractivity contribution < 1.29 is 4.79 Å². The van der Waals surface area contributed by atoms with Crippen LogP contribution < -0.4 is 5.32 Å². The Kier molecular flexibility index (Phi) is 5.77. The highest BCUT2D eigenvalue weighted by Crippen LogP contribution is 2.18. The fourth-order valence-corrected chi connectivity index (χ4v) is 3.09. The van der Waals surface area contributed by atoms with Gasteiger partial charge in [0.1, 0.15) is 5.01 Å². The van der Waals surface area contributed by atoms with E-state index in [4.69, 9.17) is 0 Å². The van der Waals surface area contributed by atoms with Crippen molar-refractivity contribution in [3.63, 3.8) is 0 Å². The van der Waals surface area contributed by atoms with Gasteiger partial charge in [-0.05, 0) is 30.9 Å². The zero-order valence-corrected chi connectivity index (χ0v) is 15.3. The van der Waals surface area contributed by atoms with E-state index < -0.39 is 0 Å². The van der Waals surface area contributed by atoms with Crippen LogP contribution in [0.25, 0.3) is 0 Å². The van der Waals surface area contributed by atoms with Crippen molar-refractivity contribution in [3.05, 3.63) is 51.5 Å². The highest BCUT2D eigenvalue weighted by atomic mass is 32.1. The quantitative estimate of drug-likeness (QED) is 0.878. The number of carbonyl (C=O) groups excluding carboxylic acids is 1. The van der Waals surface area contributed by atoms with Crippen molar-refractivity contribution in [2.24, 2.45) is 0 Å². The summed E-state index contributed by atoms with van der Waals surface area (Å²) in [6.45, 7) is 8.86. The average Bonchev–Trinajstić information content (AvgIpc) is 2.94. The highest BCUT2D eigenvalue weighted by Gasteiger charge is 2.15. The molecule has 1 heterocycles. The summed E-state index contributed by atoms with van der Waals surface area (Å²) >= 11 is 1.58. The molecule has 0 bridgehead atoms. The van der Waals surface area contributed by atoms with Crippen LogP contribution in [0.15, 0.2) is 29.6 Å². The number of aryl methyl sites for hydroxylation is 1. The van der Waals surface area contributed by atoms with Crippen molar-refractivity contribution in [2.75, 3.05) is 7.05 Å². The van der Waals surface area contributed by atoms with Gasteiger partial charge in [0.05, 0.1) is 6.04 Å². The molecule has 2 amide bonds. The lowest BCUT2D eigenvalue weighted by Gasteiger charge is -2.21. The minimum atomic E-state index is -0.0849. The summed E-state index contributed by atoms with van der Waals surface area (Å²) in [5, 5.41) is 5.93. The molecule has 2 aromatic rings. The van der Waals surface area contributed by atoms with Gasteiger partial charge < -0.3 is 10.2 Å². The van der Waals surface area contributed by atoms with E-state index in [9.17, 15) is 4.79 Å². The van der Waals surface area contributed by atoms with Gasteiger partial charge in [-0.2, -0.15) is 0 Å². The van der Waals surface area contributed by atoms with E-state index in [1.807, 2.05) is 26.3 Å². The third-order valence-electron chi connectivity index (χ3n) is 3.76. The van der Waals surface area contributed by atoms with Gasteiger partial charge in [-0.15, -0.1) is 11.3 Å². The number of thiazole rings is 1. The van der Waals surface area contributed by atoms with Crippen molar-refractivity contribution in [3.8, 4) is 0 Å². The van der Waals surface area contributed by atoms with Crippen LogP contribution in [0.5, 0.6) is 0 Å². The second-order valence-electron chi connectivity index (χ2n) is 6.25. The normalized spacial score (nSPS) is 12.3. The standard InChI is InChI=1S/C18H25N3OS/c1-12(2)16-8-6-15(7-9-16)10-21(5)18(22)20-14(4)17-19-13(3)11-23-17/h6-9,11-12,14H,10H2,1-5H3,(H,20,22). The number of amides is 2. The maximum Gasteiger partial charge on any atom is 0.317 e. The van der Waals surface area contributed by atoms with Crippen molar-refractivity contribution in [1.29, 1.82) is 0 Å². The van der Waals surface area contributed by atoms with E-state index >= 15 is 0 Å². The monoisotopic (exact) mass is 331 g/mol. The third kappa shape index (κ3) is 4.79. The number of benzene rings is 1. The van der Waals surface area contributed by atoms with Crippen molar-refractivity contribution in [1.82, 2.24) is 15.2 Å². The second-order valence-corrected chi connectivity index (χ2v) is 7.14. The van der Waals surface area contributed by atoms with Gasteiger partial charge in [0, 0.05) is 24.7 Å². The van der Waals surface area contributed by atoms with E-state index in [-0.39, 0.29) is 12.1 Å². The first-order valence-corrected chi connectivity index (χ1v) is 8.77.